The first-order valence-electron chi connectivity index (χ1n) is 7.37. The van der Waals surface area contributed by atoms with E-state index in [1.807, 2.05) is 6.92 Å². The molecule has 20 heavy (non-hydrogen) atoms. The highest BCUT2D eigenvalue weighted by atomic mass is 16.4. The summed E-state index contributed by atoms with van der Waals surface area (Å²) in [7, 11) is 1.77. The minimum absolute atomic E-state index is 0.0146. The Labute approximate surface area is 122 Å². The van der Waals surface area contributed by atoms with Crippen molar-refractivity contribution in [3.05, 3.63) is 0 Å². The zero-order chi connectivity index (χ0) is 15.9. The van der Waals surface area contributed by atoms with Gasteiger partial charge in [0.25, 0.3) is 0 Å². The van der Waals surface area contributed by atoms with Gasteiger partial charge >= 0.3 is 12.0 Å². The molecule has 0 spiro atoms. The number of nitrogens with zero attached hydrogens (tertiary/aromatic N) is 1. The van der Waals surface area contributed by atoms with E-state index in [0.717, 1.165) is 6.42 Å². The maximum Gasteiger partial charge on any atom is 0.317 e. The Bertz CT molecular complexity index is 316. The maximum absolute atomic E-state index is 12.0. The Morgan fingerprint density at radius 1 is 1.15 bits per heavy atom. The zero-order valence-electron chi connectivity index (χ0n) is 13.6. The van der Waals surface area contributed by atoms with Crippen molar-refractivity contribution in [1.82, 2.24) is 10.2 Å². The van der Waals surface area contributed by atoms with Gasteiger partial charge in [0.1, 0.15) is 0 Å². The van der Waals surface area contributed by atoms with Gasteiger partial charge in [-0.1, -0.05) is 27.7 Å². The summed E-state index contributed by atoms with van der Waals surface area (Å²) in [6.07, 6.45) is 0.901. The molecule has 0 aromatic carbocycles. The summed E-state index contributed by atoms with van der Waals surface area (Å²) in [6.45, 7) is 10.7. The van der Waals surface area contributed by atoms with Crippen molar-refractivity contribution >= 4 is 12.0 Å². The van der Waals surface area contributed by atoms with E-state index in [4.69, 9.17) is 5.11 Å². The molecule has 0 aliphatic carbocycles. The van der Waals surface area contributed by atoms with Crippen molar-refractivity contribution in [2.45, 2.75) is 53.5 Å². The van der Waals surface area contributed by atoms with Gasteiger partial charge in [-0.3, -0.25) is 4.79 Å². The first kappa shape index (κ1) is 18.7. The Kier molecular flexibility index (Phi) is 8.26. The summed E-state index contributed by atoms with van der Waals surface area (Å²) in [5.74, 6) is -0.0205. The van der Waals surface area contributed by atoms with E-state index in [-0.39, 0.29) is 24.4 Å². The lowest BCUT2D eigenvalue weighted by Crippen LogP contribution is -2.45. The summed E-state index contributed by atoms with van der Waals surface area (Å²) < 4.78 is 0. The molecule has 0 aromatic heterocycles. The standard InChI is InChI=1S/C15H30N2O3/c1-10(2)7-13(8-14(18)19)9-16-15(20)17(6)12(5)11(3)4/h10-13H,7-9H2,1-6H3,(H,16,20)(H,18,19). The third kappa shape index (κ3) is 7.36. The predicted molar refractivity (Wildman–Crippen MR) is 80.7 cm³/mol. The molecule has 0 aliphatic rings. The van der Waals surface area contributed by atoms with Crippen LogP contribution >= 0.6 is 0 Å². The number of hydrogen-bond donors (Lipinski definition) is 2. The van der Waals surface area contributed by atoms with E-state index in [0.29, 0.717) is 18.4 Å². The second kappa shape index (κ2) is 8.82. The molecule has 5 heteroatoms. The molecule has 0 saturated carbocycles. The van der Waals surface area contributed by atoms with Crippen molar-refractivity contribution < 1.29 is 14.7 Å². The zero-order valence-corrected chi connectivity index (χ0v) is 13.6. The number of aliphatic carboxylic acids is 1. The van der Waals surface area contributed by atoms with Crippen LogP contribution in [-0.4, -0.2) is 41.6 Å². The lowest BCUT2D eigenvalue weighted by Gasteiger charge is -2.29. The largest absolute Gasteiger partial charge is 0.481 e. The van der Waals surface area contributed by atoms with Gasteiger partial charge in [0.15, 0.2) is 0 Å². The maximum atomic E-state index is 12.0. The minimum atomic E-state index is -0.811. The first-order chi connectivity index (χ1) is 9.15. The molecular weight excluding hydrogens is 256 g/mol. The molecule has 0 bridgehead atoms. The molecule has 0 saturated heterocycles. The minimum Gasteiger partial charge on any atom is -0.481 e. The highest BCUT2D eigenvalue weighted by Crippen LogP contribution is 2.15. The fraction of sp³-hybridized carbons (Fsp3) is 0.867. The first-order valence-corrected chi connectivity index (χ1v) is 7.37. The van der Waals surface area contributed by atoms with Crippen LogP contribution in [0, 0.1) is 17.8 Å². The Balaban J connectivity index is 4.38. The molecule has 2 atom stereocenters. The van der Waals surface area contributed by atoms with Gasteiger partial charge in [-0.05, 0) is 31.1 Å². The van der Waals surface area contributed by atoms with Gasteiger partial charge in [0.05, 0.1) is 0 Å². The molecular formula is C15H30N2O3. The highest BCUT2D eigenvalue weighted by Gasteiger charge is 2.20. The van der Waals surface area contributed by atoms with Gasteiger partial charge in [0.2, 0.25) is 0 Å². The van der Waals surface area contributed by atoms with Crippen molar-refractivity contribution in [3.8, 4) is 0 Å². The number of amides is 2. The van der Waals surface area contributed by atoms with Gasteiger partial charge in [-0.25, -0.2) is 4.79 Å². The van der Waals surface area contributed by atoms with Gasteiger partial charge in [-0.2, -0.15) is 0 Å². The van der Waals surface area contributed by atoms with Crippen LogP contribution < -0.4 is 5.32 Å². The average Bonchev–Trinajstić information content (AvgIpc) is 2.32. The molecule has 0 radical (unpaired) electrons. The molecule has 5 nitrogen and oxygen atoms in total. The summed E-state index contributed by atoms with van der Waals surface area (Å²) in [6, 6.07) is 0.0170. The van der Waals surface area contributed by atoms with Crippen LogP contribution in [-0.2, 0) is 4.79 Å². The third-order valence-corrected chi connectivity index (χ3v) is 3.71. The van der Waals surface area contributed by atoms with Crippen LogP contribution in [0.3, 0.4) is 0 Å². The highest BCUT2D eigenvalue weighted by molar-refractivity contribution is 5.74. The second-order valence-corrected chi connectivity index (χ2v) is 6.38. The van der Waals surface area contributed by atoms with E-state index in [2.05, 4.69) is 33.0 Å². The van der Waals surface area contributed by atoms with Crippen molar-refractivity contribution in [2.75, 3.05) is 13.6 Å². The third-order valence-electron chi connectivity index (χ3n) is 3.71. The average molecular weight is 286 g/mol. The Morgan fingerprint density at radius 3 is 2.10 bits per heavy atom. The van der Waals surface area contributed by atoms with Crippen LogP contribution in [0.5, 0.6) is 0 Å². The number of carbonyl (C=O) groups excluding carboxylic acids is 1. The van der Waals surface area contributed by atoms with Crippen molar-refractivity contribution in [1.29, 1.82) is 0 Å². The van der Waals surface area contributed by atoms with Gasteiger partial charge in [0, 0.05) is 26.1 Å². The summed E-state index contributed by atoms with van der Waals surface area (Å²) in [5, 5.41) is 11.8. The number of hydrogen-bond acceptors (Lipinski definition) is 2. The molecule has 0 aliphatic heterocycles. The molecule has 0 fully saturated rings. The normalized spacial score (nSPS) is 14.2. The fourth-order valence-electron chi connectivity index (χ4n) is 2.14. The van der Waals surface area contributed by atoms with E-state index in [1.165, 1.54) is 0 Å². The van der Waals surface area contributed by atoms with Crippen LogP contribution in [0.2, 0.25) is 0 Å². The molecule has 118 valence electrons. The quantitative estimate of drug-likeness (QED) is 0.721. The fourth-order valence-corrected chi connectivity index (χ4v) is 2.14. The van der Waals surface area contributed by atoms with E-state index in [1.54, 1.807) is 11.9 Å². The van der Waals surface area contributed by atoms with E-state index >= 15 is 0 Å². The van der Waals surface area contributed by atoms with Crippen LogP contribution in [0.1, 0.15) is 47.5 Å². The summed E-state index contributed by atoms with van der Waals surface area (Å²) >= 11 is 0. The second-order valence-electron chi connectivity index (χ2n) is 6.38. The molecule has 2 amide bonds. The number of nitrogens with one attached hydrogen (secondary N) is 1. The number of carboxylic acid groups (broad SMARTS) is 1. The van der Waals surface area contributed by atoms with Crippen LogP contribution in [0.15, 0.2) is 0 Å². The molecule has 0 rings (SSSR count). The van der Waals surface area contributed by atoms with Gasteiger partial charge in [-0.15, -0.1) is 0 Å². The van der Waals surface area contributed by atoms with Crippen LogP contribution in [0.4, 0.5) is 4.79 Å². The van der Waals surface area contributed by atoms with E-state index < -0.39 is 5.97 Å². The predicted octanol–water partition coefficient (Wildman–Crippen LogP) is 2.81. The number of carboxylic acids is 1. The van der Waals surface area contributed by atoms with Gasteiger partial charge < -0.3 is 15.3 Å². The van der Waals surface area contributed by atoms with Crippen LogP contribution in [0.25, 0.3) is 0 Å². The van der Waals surface area contributed by atoms with E-state index in [9.17, 15) is 9.59 Å². The lowest BCUT2D eigenvalue weighted by atomic mass is 9.94. The topological polar surface area (TPSA) is 69.6 Å². The Hall–Kier alpha value is -1.26. The molecule has 0 heterocycles. The summed E-state index contributed by atoms with van der Waals surface area (Å²) in [5.41, 5.74) is 0. The number of rotatable bonds is 8. The smallest absolute Gasteiger partial charge is 0.317 e. The molecule has 2 unspecified atom stereocenters. The van der Waals surface area contributed by atoms with Crippen molar-refractivity contribution in [3.63, 3.8) is 0 Å². The lowest BCUT2D eigenvalue weighted by molar-refractivity contribution is -0.138. The van der Waals surface area contributed by atoms with Crippen molar-refractivity contribution in [2.24, 2.45) is 17.8 Å². The molecule has 2 N–H and O–H groups in total. The SMILES string of the molecule is CC(C)CC(CNC(=O)N(C)C(C)C(C)C)CC(=O)O. The Morgan fingerprint density at radius 2 is 1.70 bits per heavy atom. The number of urea groups is 1. The molecule has 0 aromatic rings. The number of carbonyl (C=O) groups is 2. The summed E-state index contributed by atoms with van der Waals surface area (Å²) in [4.78, 5) is 24.6. The monoisotopic (exact) mass is 286 g/mol.